The van der Waals surface area contributed by atoms with Gasteiger partial charge in [0.1, 0.15) is 5.69 Å². The molecule has 0 unspecified atom stereocenters. The number of aromatic nitrogens is 1. The molecule has 2 atom stereocenters. The minimum absolute atomic E-state index is 0.134. The molecular weight excluding hydrogens is 318 g/mol. The Morgan fingerprint density at radius 2 is 2.30 bits per heavy atom. The van der Waals surface area contributed by atoms with E-state index in [0.29, 0.717) is 5.75 Å². The Hall–Kier alpha value is -1.51. The van der Waals surface area contributed by atoms with Crippen LogP contribution in [0.3, 0.4) is 0 Å². The van der Waals surface area contributed by atoms with Gasteiger partial charge in [0.15, 0.2) is 5.60 Å². The van der Waals surface area contributed by atoms with E-state index in [0.717, 1.165) is 18.1 Å². The normalized spacial score (nSPS) is 18.2. The highest BCUT2D eigenvalue weighted by Gasteiger charge is 2.43. The summed E-state index contributed by atoms with van der Waals surface area (Å²) >= 11 is 1.55. The van der Waals surface area contributed by atoms with Gasteiger partial charge in [-0.25, -0.2) is 4.79 Å². The van der Waals surface area contributed by atoms with Gasteiger partial charge in [-0.15, -0.1) is 4.91 Å². The quantitative estimate of drug-likeness (QED) is 0.437. The van der Waals surface area contributed by atoms with Gasteiger partial charge in [-0.3, -0.25) is 4.98 Å². The standard InChI is InChI=1S/C15H21N3O4S/c16-13(9-23-6-4-10-1-2-10)15(21,14(19)20)8-12-7-11(18-22)3-5-17-12/h3,5,7,10,13,21H,1-2,4,6,8-9,16H2,(H,19,20)/t13-,15+/m0/s1. The summed E-state index contributed by atoms with van der Waals surface area (Å²) in [6, 6.07) is 1.83. The van der Waals surface area contributed by atoms with Gasteiger partial charge in [-0.1, -0.05) is 12.8 Å². The van der Waals surface area contributed by atoms with Gasteiger partial charge < -0.3 is 15.9 Å². The van der Waals surface area contributed by atoms with Crippen LogP contribution in [-0.4, -0.2) is 44.3 Å². The topological polar surface area (TPSA) is 126 Å². The lowest BCUT2D eigenvalue weighted by Gasteiger charge is -2.29. The molecule has 8 heteroatoms. The maximum absolute atomic E-state index is 11.5. The molecule has 126 valence electrons. The van der Waals surface area contributed by atoms with Crippen molar-refractivity contribution in [2.75, 3.05) is 11.5 Å². The predicted molar refractivity (Wildman–Crippen MR) is 88.6 cm³/mol. The highest BCUT2D eigenvalue weighted by molar-refractivity contribution is 7.99. The molecule has 0 bridgehead atoms. The molecule has 0 aromatic carbocycles. The number of aliphatic hydroxyl groups is 1. The lowest BCUT2D eigenvalue weighted by Crippen LogP contribution is -2.57. The van der Waals surface area contributed by atoms with Crippen molar-refractivity contribution < 1.29 is 15.0 Å². The van der Waals surface area contributed by atoms with Crippen LogP contribution in [0.15, 0.2) is 23.5 Å². The van der Waals surface area contributed by atoms with E-state index in [1.807, 2.05) is 0 Å². The molecule has 0 saturated heterocycles. The van der Waals surface area contributed by atoms with Crippen LogP contribution >= 0.6 is 11.8 Å². The lowest BCUT2D eigenvalue weighted by atomic mass is 9.90. The highest BCUT2D eigenvalue weighted by Crippen LogP contribution is 2.33. The Kier molecular flexibility index (Phi) is 6.09. The van der Waals surface area contributed by atoms with E-state index >= 15 is 0 Å². The van der Waals surface area contributed by atoms with Crippen LogP contribution in [0.1, 0.15) is 25.0 Å². The first-order valence-corrected chi connectivity index (χ1v) is 8.68. The number of aliphatic carboxylic acids is 1. The second-order valence-corrected chi connectivity index (χ2v) is 7.07. The van der Waals surface area contributed by atoms with Crippen molar-refractivity contribution in [3.63, 3.8) is 0 Å². The van der Waals surface area contributed by atoms with E-state index in [9.17, 15) is 19.9 Å². The molecule has 4 N–H and O–H groups in total. The van der Waals surface area contributed by atoms with Gasteiger partial charge >= 0.3 is 5.97 Å². The number of carboxylic acids is 1. The predicted octanol–water partition coefficient (Wildman–Crippen LogP) is 1.70. The molecule has 0 spiro atoms. The SMILES string of the molecule is N[C@@H](CSCCC1CC1)[C@](O)(Cc1cc(N=O)ccn1)C(=O)O. The minimum Gasteiger partial charge on any atom is -0.479 e. The number of rotatable bonds is 10. The third-order valence-corrected chi connectivity index (χ3v) is 5.12. The Morgan fingerprint density at radius 3 is 2.91 bits per heavy atom. The fraction of sp³-hybridized carbons (Fsp3) is 0.600. The molecule has 23 heavy (non-hydrogen) atoms. The maximum atomic E-state index is 11.5. The Balaban J connectivity index is 1.97. The van der Waals surface area contributed by atoms with Crippen LogP contribution in [0.4, 0.5) is 5.69 Å². The molecule has 1 aromatic heterocycles. The maximum Gasteiger partial charge on any atom is 0.337 e. The van der Waals surface area contributed by atoms with E-state index in [1.54, 1.807) is 11.8 Å². The van der Waals surface area contributed by atoms with Crippen LogP contribution in [0.5, 0.6) is 0 Å². The summed E-state index contributed by atoms with van der Waals surface area (Å²) in [5.74, 6) is 0.678. The third kappa shape index (κ3) is 4.98. The highest BCUT2D eigenvalue weighted by atomic mass is 32.2. The van der Waals surface area contributed by atoms with Crippen LogP contribution in [0.25, 0.3) is 0 Å². The zero-order chi connectivity index (χ0) is 16.9. The number of nitrogens with zero attached hydrogens (tertiary/aromatic N) is 2. The van der Waals surface area contributed by atoms with Gasteiger partial charge in [-0.2, -0.15) is 11.8 Å². The zero-order valence-corrected chi connectivity index (χ0v) is 13.5. The summed E-state index contributed by atoms with van der Waals surface area (Å²) in [4.78, 5) is 26.0. The van der Waals surface area contributed by atoms with Gasteiger partial charge in [0.05, 0.1) is 6.04 Å². The van der Waals surface area contributed by atoms with Crippen LogP contribution < -0.4 is 5.73 Å². The van der Waals surface area contributed by atoms with Crippen LogP contribution in [0.2, 0.25) is 0 Å². The first-order valence-electron chi connectivity index (χ1n) is 7.53. The van der Waals surface area contributed by atoms with Gasteiger partial charge in [0, 0.05) is 24.1 Å². The van der Waals surface area contributed by atoms with E-state index in [4.69, 9.17) is 5.73 Å². The monoisotopic (exact) mass is 339 g/mol. The molecule has 1 fully saturated rings. The summed E-state index contributed by atoms with van der Waals surface area (Å²) < 4.78 is 0. The van der Waals surface area contributed by atoms with E-state index in [-0.39, 0.29) is 17.8 Å². The summed E-state index contributed by atoms with van der Waals surface area (Å²) in [5.41, 5.74) is 4.22. The molecule has 1 saturated carbocycles. The fourth-order valence-corrected chi connectivity index (χ4v) is 3.46. The minimum atomic E-state index is -2.12. The van der Waals surface area contributed by atoms with Crippen molar-refractivity contribution >= 4 is 23.4 Å². The van der Waals surface area contributed by atoms with Crippen molar-refractivity contribution in [2.24, 2.45) is 16.8 Å². The number of thioether (sulfide) groups is 1. The zero-order valence-electron chi connectivity index (χ0n) is 12.7. The number of hydrogen-bond donors (Lipinski definition) is 3. The van der Waals surface area contributed by atoms with E-state index in [1.165, 1.54) is 31.2 Å². The number of nitroso groups, excluding NO2 is 1. The van der Waals surface area contributed by atoms with Crippen molar-refractivity contribution in [3.8, 4) is 0 Å². The molecule has 1 aliphatic carbocycles. The molecule has 0 aliphatic heterocycles. The van der Waals surface area contributed by atoms with Crippen molar-refractivity contribution in [1.82, 2.24) is 4.98 Å². The van der Waals surface area contributed by atoms with Gasteiger partial charge in [0.25, 0.3) is 0 Å². The van der Waals surface area contributed by atoms with E-state index in [2.05, 4.69) is 10.2 Å². The average Bonchev–Trinajstić information content (AvgIpc) is 3.35. The summed E-state index contributed by atoms with van der Waals surface area (Å²) in [7, 11) is 0. The molecular formula is C15H21N3O4S. The van der Waals surface area contributed by atoms with Crippen molar-refractivity contribution in [1.29, 1.82) is 0 Å². The molecule has 1 heterocycles. The summed E-state index contributed by atoms with van der Waals surface area (Å²) in [6.45, 7) is 0. The molecule has 1 aromatic rings. The average molecular weight is 339 g/mol. The number of carbonyl (C=O) groups is 1. The lowest BCUT2D eigenvalue weighted by molar-refractivity contribution is -0.160. The number of carboxylic acid groups (broad SMARTS) is 1. The molecule has 2 rings (SSSR count). The first kappa shape index (κ1) is 17.8. The van der Waals surface area contributed by atoms with Gasteiger partial charge in [-0.05, 0) is 35.4 Å². The Labute approximate surface area is 138 Å². The fourth-order valence-electron chi connectivity index (χ4n) is 2.27. The number of nitrogens with two attached hydrogens (primary N) is 1. The molecule has 0 radical (unpaired) electrons. The Morgan fingerprint density at radius 1 is 1.57 bits per heavy atom. The molecule has 7 nitrogen and oxygen atoms in total. The van der Waals surface area contributed by atoms with Crippen LogP contribution in [-0.2, 0) is 11.2 Å². The second-order valence-electron chi connectivity index (χ2n) is 5.92. The van der Waals surface area contributed by atoms with Crippen molar-refractivity contribution in [2.45, 2.75) is 37.3 Å². The smallest absolute Gasteiger partial charge is 0.337 e. The number of hydrogen-bond acceptors (Lipinski definition) is 7. The second kappa shape index (κ2) is 7.85. The molecule has 0 amide bonds. The van der Waals surface area contributed by atoms with Crippen molar-refractivity contribution in [3.05, 3.63) is 28.9 Å². The van der Waals surface area contributed by atoms with Gasteiger partial charge in [0.2, 0.25) is 0 Å². The third-order valence-electron chi connectivity index (χ3n) is 4.00. The number of pyridine rings is 1. The van der Waals surface area contributed by atoms with Crippen LogP contribution in [0, 0.1) is 10.8 Å². The first-order chi connectivity index (χ1) is 11.0. The summed E-state index contributed by atoms with van der Waals surface area (Å²) in [5, 5.41) is 22.7. The largest absolute Gasteiger partial charge is 0.479 e. The molecule has 1 aliphatic rings. The summed E-state index contributed by atoms with van der Waals surface area (Å²) in [6.07, 6.45) is 4.74. The Bertz CT molecular complexity index is 567. The van der Waals surface area contributed by atoms with E-state index < -0.39 is 17.6 Å².